The largest absolute Gasteiger partial charge is 0.434 e. The van der Waals surface area contributed by atoms with Crippen LogP contribution in [0.15, 0.2) is 30.3 Å². The minimum atomic E-state index is -2.85. The fourth-order valence-electron chi connectivity index (χ4n) is 0.949. The average molecular weight is 195 g/mol. The molecule has 72 valence electrons. The summed E-state index contributed by atoms with van der Waals surface area (Å²) in [6.07, 6.45) is 2.62. The zero-order chi connectivity index (χ0) is 10.4. The molecule has 0 aromatic heterocycles. The number of nitrogens with zero attached hydrogens (tertiary/aromatic N) is 1. The van der Waals surface area contributed by atoms with Crippen LogP contribution in [0, 0.1) is 11.3 Å². The van der Waals surface area contributed by atoms with Crippen molar-refractivity contribution in [2.24, 2.45) is 0 Å². The number of hydrogen-bond acceptors (Lipinski definition) is 2. The Hall–Kier alpha value is -1.89. The van der Waals surface area contributed by atoms with E-state index < -0.39 is 6.61 Å². The number of nitriles is 1. The van der Waals surface area contributed by atoms with Crippen molar-refractivity contribution in [1.29, 1.82) is 5.26 Å². The maximum atomic E-state index is 11.9. The van der Waals surface area contributed by atoms with Gasteiger partial charge in [0.25, 0.3) is 0 Å². The molecule has 1 aromatic carbocycles. The standard InChI is InChI=1S/C10H7F2NO/c11-10(12)14-9-6-2-1-4-8(9)5-3-7-13/h1-6,10H. The predicted molar refractivity (Wildman–Crippen MR) is 47.7 cm³/mol. The molecule has 0 saturated heterocycles. The van der Waals surface area contributed by atoms with Crippen LogP contribution in [0.25, 0.3) is 6.08 Å². The van der Waals surface area contributed by atoms with E-state index >= 15 is 0 Å². The molecule has 0 heterocycles. The van der Waals surface area contributed by atoms with Crippen molar-refractivity contribution in [3.63, 3.8) is 0 Å². The van der Waals surface area contributed by atoms with Crippen LogP contribution in [0.3, 0.4) is 0 Å². The summed E-state index contributed by atoms with van der Waals surface area (Å²) in [5.74, 6) is 0.0639. The molecule has 0 aliphatic rings. The van der Waals surface area contributed by atoms with Gasteiger partial charge in [-0.15, -0.1) is 0 Å². The number of ether oxygens (including phenoxy) is 1. The lowest BCUT2D eigenvalue weighted by Crippen LogP contribution is -2.02. The van der Waals surface area contributed by atoms with Crippen LogP contribution in [0.5, 0.6) is 5.75 Å². The first-order chi connectivity index (χ1) is 6.74. The molecule has 0 unspecified atom stereocenters. The normalized spacial score (nSPS) is 10.4. The Morgan fingerprint density at radius 2 is 2.07 bits per heavy atom. The maximum absolute atomic E-state index is 11.9. The quantitative estimate of drug-likeness (QED) is 0.695. The molecule has 0 fully saturated rings. The van der Waals surface area contributed by atoms with E-state index in [2.05, 4.69) is 4.74 Å². The highest BCUT2D eigenvalue weighted by Gasteiger charge is 2.06. The van der Waals surface area contributed by atoms with Crippen molar-refractivity contribution < 1.29 is 13.5 Å². The Bertz CT molecular complexity index is 369. The predicted octanol–water partition coefficient (Wildman–Crippen LogP) is 2.82. The second kappa shape index (κ2) is 4.97. The van der Waals surface area contributed by atoms with E-state index in [1.807, 2.05) is 0 Å². The lowest BCUT2D eigenvalue weighted by Gasteiger charge is -2.06. The van der Waals surface area contributed by atoms with Crippen LogP contribution < -0.4 is 4.74 Å². The summed E-state index contributed by atoms with van der Waals surface area (Å²) in [5, 5.41) is 8.27. The van der Waals surface area contributed by atoms with Crippen molar-refractivity contribution in [3.8, 4) is 11.8 Å². The lowest BCUT2D eigenvalue weighted by molar-refractivity contribution is -0.0499. The Balaban J connectivity index is 2.92. The van der Waals surface area contributed by atoms with Crippen LogP contribution in [-0.2, 0) is 0 Å². The highest BCUT2D eigenvalue weighted by atomic mass is 19.3. The first-order valence-electron chi connectivity index (χ1n) is 3.84. The third-order valence-electron chi connectivity index (χ3n) is 1.47. The number of para-hydroxylation sites is 1. The molecule has 0 atom stereocenters. The average Bonchev–Trinajstić information content (AvgIpc) is 2.16. The van der Waals surface area contributed by atoms with Crippen molar-refractivity contribution in [2.75, 3.05) is 0 Å². The second-order valence-electron chi connectivity index (χ2n) is 2.38. The molecule has 0 bridgehead atoms. The number of rotatable bonds is 3. The van der Waals surface area contributed by atoms with Crippen molar-refractivity contribution in [2.45, 2.75) is 6.61 Å². The smallest absolute Gasteiger partial charge is 0.387 e. The van der Waals surface area contributed by atoms with Crippen LogP contribution in [-0.4, -0.2) is 6.61 Å². The molecule has 4 heteroatoms. The summed E-state index contributed by atoms with van der Waals surface area (Å²) < 4.78 is 28.1. The summed E-state index contributed by atoms with van der Waals surface area (Å²) in [6.45, 7) is -2.85. The van der Waals surface area contributed by atoms with Gasteiger partial charge < -0.3 is 4.74 Å². The van der Waals surface area contributed by atoms with Gasteiger partial charge in [0, 0.05) is 11.6 Å². The van der Waals surface area contributed by atoms with Crippen molar-refractivity contribution >= 4 is 6.08 Å². The Morgan fingerprint density at radius 3 is 2.71 bits per heavy atom. The summed E-state index contributed by atoms with van der Waals surface area (Å²) in [4.78, 5) is 0. The molecule has 0 N–H and O–H groups in total. The highest BCUT2D eigenvalue weighted by molar-refractivity contribution is 5.58. The number of hydrogen-bond donors (Lipinski definition) is 0. The molecule has 0 aliphatic carbocycles. The monoisotopic (exact) mass is 195 g/mol. The van der Waals surface area contributed by atoms with Crippen LogP contribution in [0.1, 0.15) is 5.56 Å². The van der Waals surface area contributed by atoms with E-state index in [0.29, 0.717) is 5.56 Å². The van der Waals surface area contributed by atoms with Gasteiger partial charge in [-0.2, -0.15) is 14.0 Å². The number of halogens is 2. The van der Waals surface area contributed by atoms with Gasteiger partial charge in [0.2, 0.25) is 0 Å². The Kier molecular flexibility index (Phi) is 3.62. The van der Waals surface area contributed by atoms with E-state index in [4.69, 9.17) is 5.26 Å². The summed E-state index contributed by atoms with van der Waals surface area (Å²) in [5.41, 5.74) is 0.453. The molecule has 0 radical (unpaired) electrons. The maximum Gasteiger partial charge on any atom is 0.387 e. The molecular formula is C10H7F2NO. The summed E-state index contributed by atoms with van der Waals surface area (Å²) >= 11 is 0. The second-order valence-corrected chi connectivity index (χ2v) is 2.38. The van der Waals surface area contributed by atoms with Gasteiger partial charge >= 0.3 is 6.61 Å². The van der Waals surface area contributed by atoms with E-state index in [0.717, 1.165) is 0 Å². The van der Waals surface area contributed by atoms with Gasteiger partial charge in [0.1, 0.15) is 5.75 Å². The highest BCUT2D eigenvalue weighted by Crippen LogP contribution is 2.21. The van der Waals surface area contributed by atoms with Gasteiger partial charge in [0.05, 0.1) is 6.07 Å². The molecule has 0 saturated carbocycles. The van der Waals surface area contributed by atoms with E-state index in [1.54, 1.807) is 24.3 Å². The SMILES string of the molecule is N#CC=Cc1ccccc1OC(F)F. The van der Waals surface area contributed by atoms with Crippen molar-refractivity contribution in [3.05, 3.63) is 35.9 Å². The number of allylic oxidation sites excluding steroid dienone is 1. The molecule has 0 spiro atoms. The van der Waals surface area contributed by atoms with Gasteiger partial charge in [-0.25, -0.2) is 0 Å². The fraction of sp³-hybridized carbons (Fsp3) is 0.100. The van der Waals surface area contributed by atoms with Gasteiger partial charge in [0.15, 0.2) is 0 Å². The summed E-state index contributed by atoms with van der Waals surface area (Å²) in [6, 6.07) is 8.04. The van der Waals surface area contributed by atoms with Gasteiger partial charge in [-0.05, 0) is 12.1 Å². The summed E-state index contributed by atoms with van der Waals surface area (Å²) in [7, 11) is 0. The molecule has 1 aromatic rings. The number of benzene rings is 1. The first-order valence-corrected chi connectivity index (χ1v) is 3.84. The van der Waals surface area contributed by atoms with Gasteiger partial charge in [-0.1, -0.05) is 18.2 Å². The van der Waals surface area contributed by atoms with Gasteiger partial charge in [-0.3, -0.25) is 0 Å². The van der Waals surface area contributed by atoms with Crippen LogP contribution in [0.2, 0.25) is 0 Å². The topological polar surface area (TPSA) is 33.0 Å². The van der Waals surface area contributed by atoms with E-state index in [9.17, 15) is 8.78 Å². The van der Waals surface area contributed by atoms with Crippen molar-refractivity contribution in [1.82, 2.24) is 0 Å². The molecule has 14 heavy (non-hydrogen) atoms. The number of alkyl halides is 2. The Morgan fingerprint density at radius 1 is 1.36 bits per heavy atom. The Labute approximate surface area is 80.0 Å². The third-order valence-corrected chi connectivity index (χ3v) is 1.47. The molecule has 1 rings (SSSR count). The zero-order valence-electron chi connectivity index (χ0n) is 7.15. The van der Waals surface area contributed by atoms with Crippen LogP contribution >= 0.6 is 0 Å². The zero-order valence-corrected chi connectivity index (χ0v) is 7.15. The third kappa shape index (κ3) is 2.87. The molecule has 0 aliphatic heterocycles. The van der Waals surface area contributed by atoms with E-state index in [1.165, 1.54) is 18.2 Å². The minimum absolute atomic E-state index is 0.0639. The first kappa shape index (κ1) is 10.2. The van der Waals surface area contributed by atoms with E-state index in [-0.39, 0.29) is 5.75 Å². The molecule has 2 nitrogen and oxygen atoms in total. The molecule has 0 amide bonds. The lowest BCUT2D eigenvalue weighted by atomic mass is 10.2. The van der Waals surface area contributed by atoms with Crippen LogP contribution in [0.4, 0.5) is 8.78 Å². The molecular weight excluding hydrogens is 188 g/mol. The fourth-order valence-corrected chi connectivity index (χ4v) is 0.949. The minimum Gasteiger partial charge on any atom is -0.434 e.